The van der Waals surface area contributed by atoms with Gasteiger partial charge in [0.2, 0.25) is 0 Å². The molecule has 104 valence electrons. The number of nitrogens with zero attached hydrogens (tertiary/aromatic N) is 2. The molecular formula is C15H22ClN3. The SMILES string of the molecule is CCCNCc1cc(N2CCC=C(C)C2)ncc1Cl. The molecule has 1 aromatic rings. The number of pyridine rings is 1. The van der Waals surface area contributed by atoms with Gasteiger partial charge in [0.15, 0.2) is 0 Å². The highest BCUT2D eigenvalue weighted by molar-refractivity contribution is 6.31. The van der Waals surface area contributed by atoms with Gasteiger partial charge in [0.25, 0.3) is 0 Å². The van der Waals surface area contributed by atoms with Crippen LogP contribution in [0.15, 0.2) is 23.9 Å². The number of hydrogen-bond acceptors (Lipinski definition) is 3. The Balaban J connectivity index is 2.09. The fourth-order valence-corrected chi connectivity index (χ4v) is 2.45. The average molecular weight is 280 g/mol. The van der Waals surface area contributed by atoms with Gasteiger partial charge in [0, 0.05) is 25.8 Å². The van der Waals surface area contributed by atoms with Crippen molar-refractivity contribution in [2.24, 2.45) is 0 Å². The minimum Gasteiger partial charge on any atom is -0.352 e. The minimum absolute atomic E-state index is 0.747. The van der Waals surface area contributed by atoms with Crippen LogP contribution in [0.2, 0.25) is 5.02 Å². The van der Waals surface area contributed by atoms with E-state index in [4.69, 9.17) is 11.6 Å². The maximum absolute atomic E-state index is 6.21. The number of anilines is 1. The van der Waals surface area contributed by atoms with E-state index in [1.807, 2.05) is 0 Å². The third-order valence-corrected chi connectivity index (χ3v) is 3.66. The van der Waals surface area contributed by atoms with E-state index in [0.29, 0.717) is 0 Å². The standard InChI is InChI=1S/C15H22ClN3/c1-3-6-17-9-13-8-15(18-10-14(13)16)19-7-4-5-12(2)11-19/h5,8,10,17H,3-4,6-7,9,11H2,1-2H3. The summed E-state index contributed by atoms with van der Waals surface area (Å²) in [5, 5.41) is 4.14. The van der Waals surface area contributed by atoms with Gasteiger partial charge in [-0.25, -0.2) is 4.98 Å². The Hall–Kier alpha value is -1.06. The molecule has 1 N–H and O–H groups in total. The second-order valence-electron chi connectivity index (χ2n) is 5.07. The summed E-state index contributed by atoms with van der Waals surface area (Å²) in [4.78, 5) is 6.78. The lowest BCUT2D eigenvalue weighted by molar-refractivity contribution is 0.674. The average Bonchev–Trinajstić information content (AvgIpc) is 2.41. The Morgan fingerprint density at radius 1 is 1.47 bits per heavy atom. The van der Waals surface area contributed by atoms with Crippen LogP contribution < -0.4 is 10.2 Å². The fraction of sp³-hybridized carbons (Fsp3) is 0.533. The zero-order chi connectivity index (χ0) is 13.7. The van der Waals surface area contributed by atoms with Gasteiger partial charge in [-0.3, -0.25) is 0 Å². The largest absolute Gasteiger partial charge is 0.352 e. The van der Waals surface area contributed by atoms with Crippen LogP contribution in [0.1, 0.15) is 32.3 Å². The Morgan fingerprint density at radius 3 is 3.05 bits per heavy atom. The summed E-state index contributed by atoms with van der Waals surface area (Å²) in [6.07, 6.45) is 6.30. The summed E-state index contributed by atoms with van der Waals surface area (Å²) in [7, 11) is 0. The number of nitrogens with one attached hydrogen (secondary N) is 1. The van der Waals surface area contributed by atoms with Crippen molar-refractivity contribution in [3.63, 3.8) is 0 Å². The van der Waals surface area contributed by atoms with Gasteiger partial charge in [-0.1, -0.05) is 30.2 Å². The molecule has 2 heterocycles. The third-order valence-electron chi connectivity index (χ3n) is 3.32. The molecule has 0 amide bonds. The number of aromatic nitrogens is 1. The first-order valence-corrected chi connectivity index (χ1v) is 7.34. The van der Waals surface area contributed by atoms with E-state index >= 15 is 0 Å². The second-order valence-corrected chi connectivity index (χ2v) is 5.48. The molecule has 4 heteroatoms. The quantitative estimate of drug-likeness (QED) is 0.661. The highest BCUT2D eigenvalue weighted by Crippen LogP contribution is 2.23. The number of halogens is 1. The first-order chi connectivity index (χ1) is 9.20. The van der Waals surface area contributed by atoms with E-state index in [0.717, 1.165) is 55.4 Å². The van der Waals surface area contributed by atoms with Crippen LogP contribution in [0.4, 0.5) is 5.82 Å². The van der Waals surface area contributed by atoms with Crippen LogP contribution in [-0.4, -0.2) is 24.6 Å². The summed E-state index contributed by atoms with van der Waals surface area (Å²) in [5.41, 5.74) is 2.54. The van der Waals surface area contributed by atoms with Crippen LogP contribution >= 0.6 is 11.6 Å². The zero-order valence-electron chi connectivity index (χ0n) is 11.7. The molecule has 0 fully saturated rings. The van der Waals surface area contributed by atoms with E-state index in [2.05, 4.69) is 41.2 Å². The van der Waals surface area contributed by atoms with Crippen molar-refractivity contribution >= 4 is 17.4 Å². The lowest BCUT2D eigenvalue weighted by atomic mass is 10.1. The van der Waals surface area contributed by atoms with Crippen LogP contribution in [0.5, 0.6) is 0 Å². The fourth-order valence-electron chi connectivity index (χ4n) is 2.28. The summed E-state index contributed by atoms with van der Waals surface area (Å²) in [6.45, 7) is 8.16. The summed E-state index contributed by atoms with van der Waals surface area (Å²) in [6, 6.07) is 2.11. The topological polar surface area (TPSA) is 28.2 Å². The van der Waals surface area contributed by atoms with Gasteiger partial charge in [0.1, 0.15) is 5.82 Å². The van der Waals surface area contributed by atoms with Crippen LogP contribution in [0, 0.1) is 0 Å². The van der Waals surface area contributed by atoms with Gasteiger partial charge >= 0.3 is 0 Å². The zero-order valence-corrected chi connectivity index (χ0v) is 12.5. The maximum atomic E-state index is 6.21. The monoisotopic (exact) mass is 279 g/mol. The molecule has 0 aliphatic carbocycles. The molecule has 2 rings (SSSR count). The van der Waals surface area contributed by atoms with Gasteiger partial charge in [-0.2, -0.15) is 0 Å². The van der Waals surface area contributed by atoms with Gasteiger partial charge in [-0.05, 0) is 37.9 Å². The first kappa shape index (κ1) is 14.4. The molecule has 1 aliphatic rings. The highest BCUT2D eigenvalue weighted by atomic mass is 35.5. The molecule has 1 aromatic heterocycles. The Labute approximate surface area is 120 Å². The molecule has 0 saturated carbocycles. The Morgan fingerprint density at radius 2 is 2.32 bits per heavy atom. The van der Waals surface area contributed by atoms with E-state index in [9.17, 15) is 0 Å². The van der Waals surface area contributed by atoms with Crippen molar-refractivity contribution in [2.75, 3.05) is 24.5 Å². The third kappa shape index (κ3) is 3.95. The second kappa shape index (κ2) is 6.92. The molecule has 0 aromatic carbocycles. The number of rotatable bonds is 5. The molecule has 1 aliphatic heterocycles. The van der Waals surface area contributed by atoms with Crippen molar-refractivity contribution in [1.82, 2.24) is 10.3 Å². The predicted octanol–water partition coefficient (Wildman–Crippen LogP) is 3.39. The van der Waals surface area contributed by atoms with Gasteiger partial charge in [-0.15, -0.1) is 0 Å². The summed E-state index contributed by atoms with van der Waals surface area (Å²) >= 11 is 6.21. The van der Waals surface area contributed by atoms with Crippen LogP contribution in [-0.2, 0) is 6.54 Å². The van der Waals surface area contributed by atoms with Crippen LogP contribution in [0.25, 0.3) is 0 Å². The minimum atomic E-state index is 0.747. The molecule has 0 saturated heterocycles. The molecule has 0 bridgehead atoms. The molecular weight excluding hydrogens is 258 g/mol. The van der Waals surface area contributed by atoms with Crippen molar-refractivity contribution in [2.45, 2.75) is 33.2 Å². The Bertz CT molecular complexity index is 457. The first-order valence-electron chi connectivity index (χ1n) is 6.96. The van der Waals surface area contributed by atoms with Crippen molar-refractivity contribution < 1.29 is 0 Å². The molecule has 3 nitrogen and oxygen atoms in total. The van der Waals surface area contributed by atoms with Gasteiger partial charge in [0.05, 0.1) is 5.02 Å². The molecule has 19 heavy (non-hydrogen) atoms. The van der Waals surface area contributed by atoms with Crippen molar-refractivity contribution in [3.8, 4) is 0 Å². The van der Waals surface area contributed by atoms with E-state index in [-0.39, 0.29) is 0 Å². The van der Waals surface area contributed by atoms with E-state index in [1.54, 1.807) is 6.20 Å². The van der Waals surface area contributed by atoms with E-state index in [1.165, 1.54) is 5.57 Å². The van der Waals surface area contributed by atoms with Crippen LogP contribution in [0.3, 0.4) is 0 Å². The number of hydrogen-bond donors (Lipinski definition) is 1. The predicted molar refractivity (Wildman–Crippen MR) is 81.8 cm³/mol. The smallest absolute Gasteiger partial charge is 0.129 e. The molecule has 0 unspecified atom stereocenters. The molecule has 0 atom stereocenters. The normalized spacial score (nSPS) is 15.5. The lowest BCUT2D eigenvalue weighted by Gasteiger charge is -2.27. The summed E-state index contributed by atoms with van der Waals surface area (Å²) in [5.74, 6) is 1.03. The van der Waals surface area contributed by atoms with Crippen molar-refractivity contribution in [3.05, 3.63) is 34.5 Å². The summed E-state index contributed by atoms with van der Waals surface area (Å²) < 4.78 is 0. The Kier molecular flexibility index (Phi) is 5.23. The van der Waals surface area contributed by atoms with E-state index < -0.39 is 0 Å². The molecule has 0 spiro atoms. The van der Waals surface area contributed by atoms with Crippen molar-refractivity contribution in [1.29, 1.82) is 0 Å². The highest BCUT2D eigenvalue weighted by Gasteiger charge is 2.13. The maximum Gasteiger partial charge on any atom is 0.129 e. The lowest BCUT2D eigenvalue weighted by Crippen LogP contribution is -2.30. The molecule has 0 radical (unpaired) electrons. The van der Waals surface area contributed by atoms with Gasteiger partial charge < -0.3 is 10.2 Å².